The molecule has 1 aliphatic rings. The van der Waals surface area contributed by atoms with Crippen LogP contribution in [-0.4, -0.2) is 28.9 Å². The molecule has 0 aromatic heterocycles. The molecule has 4 amide bonds. The van der Waals surface area contributed by atoms with Crippen molar-refractivity contribution in [3.8, 4) is 0 Å². The summed E-state index contributed by atoms with van der Waals surface area (Å²) in [5.74, 6) is -0.402. The van der Waals surface area contributed by atoms with Gasteiger partial charge in [-0.3, -0.25) is 14.9 Å². The van der Waals surface area contributed by atoms with Crippen molar-refractivity contribution in [1.29, 1.82) is 0 Å². The Morgan fingerprint density at radius 2 is 2.00 bits per heavy atom. The van der Waals surface area contributed by atoms with Crippen LogP contribution in [0.1, 0.15) is 47.0 Å². The second-order valence-corrected chi connectivity index (χ2v) is 5.60. The maximum absolute atomic E-state index is 11.7. The standard InChI is InChI=1S/C12H21N3O3/c1-5-6-8(16)14-11(2,3)7-12(4)9(17)13-10(18)15-12/h5-7H2,1-4H3,(H,14,16)(H2,13,15,17,18). The van der Waals surface area contributed by atoms with Crippen LogP contribution in [-0.2, 0) is 9.59 Å². The predicted octanol–water partition coefficient (Wildman–Crippen LogP) is 0.670. The van der Waals surface area contributed by atoms with E-state index in [-0.39, 0.29) is 11.8 Å². The Hall–Kier alpha value is -1.59. The zero-order valence-corrected chi connectivity index (χ0v) is 11.3. The summed E-state index contributed by atoms with van der Waals surface area (Å²) >= 11 is 0. The summed E-state index contributed by atoms with van der Waals surface area (Å²) in [6, 6.07) is -0.488. The molecule has 0 spiro atoms. The molecule has 1 fully saturated rings. The molecule has 1 atom stereocenters. The number of nitrogens with one attached hydrogen (secondary N) is 3. The molecular weight excluding hydrogens is 234 g/mol. The molecule has 0 bridgehead atoms. The zero-order valence-electron chi connectivity index (χ0n) is 11.3. The molecule has 0 aromatic rings. The molecule has 102 valence electrons. The van der Waals surface area contributed by atoms with Gasteiger partial charge in [0.05, 0.1) is 0 Å². The molecule has 0 radical (unpaired) electrons. The van der Waals surface area contributed by atoms with Gasteiger partial charge in [0.1, 0.15) is 5.54 Å². The van der Waals surface area contributed by atoms with Gasteiger partial charge in [0.2, 0.25) is 5.91 Å². The highest BCUT2D eigenvalue weighted by atomic mass is 16.2. The molecule has 1 rings (SSSR count). The summed E-state index contributed by atoms with van der Waals surface area (Å²) in [6.07, 6.45) is 1.57. The highest BCUT2D eigenvalue weighted by Crippen LogP contribution is 2.23. The van der Waals surface area contributed by atoms with Crippen molar-refractivity contribution in [2.75, 3.05) is 0 Å². The van der Waals surface area contributed by atoms with Gasteiger partial charge in [-0.1, -0.05) is 6.92 Å². The van der Waals surface area contributed by atoms with E-state index in [2.05, 4.69) is 16.0 Å². The number of rotatable bonds is 5. The van der Waals surface area contributed by atoms with Crippen LogP contribution in [0.3, 0.4) is 0 Å². The molecular formula is C12H21N3O3. The Bertz CT molecular complexity index is 379. The molecule has 6 heteroatoms. The lowest BCUT2D eigenvalue weighted by Crippen LogP contribution is -2.54. The first-order valence-electron chi connectivity index (χ1n) is 6.13. The van der Waals surface area contributed by atoms with Crippen LogP contribution in [0.5, 0.6) is 0 Å². The van der Waals surface area contributed by atoms with Crippen LogP contribution in [0, 0.1) is 0 Å². The van der Waals surface area contributed by atoms with Crippen molar-refractivity contribution in [1.82, 2.24) is 16.0 Å². The summed E-state index contributed by atoms with van der Waals surface area (Å²) in [5.41, 5.74) is -1.53. The van der Waals surface area contributed by atoms with Crippen molar-refractivity contribution in [3.63, 3.8) is 0 Å². The lowest BCUT2D eigenvalue weighted by Gasteiger charge is -2.33. The fourth-order valence-electron chi connectivity index (χ4n) is 2.30. The minimum Gasteiger partial charge on any atom is -0.351 e. The van der Waals surface area contributed by atoms with Crippen LogP contribution in [0.4, 0.5) is 4.79 Å². The Kier molecular flexibility index (Phi) is 3.98. The van der Waals surface area contributed by atoms with E-state index < -0.39 is 17.1 Å². The van der Waals surface area contributed by atoms with Crippen LogP contribution in [0.2, 0.25) is 0 Å². The number of urea groups is 1. The van der Waals surface area contributed by atoms with E-state index in [1.807, 2.05) is 20.8 Å². The molecule has 0 saturated carbocycles. The number of hydrogen-bond donors (Lipinski definition) is 3. The summed E-state index contributed by atoms with van der Waals surface area (Å²) in [4.78, 5) is 34.4. The average molecular weight is 255 g/mol. The fourth-order valence-corrected chi connectivity index (χ4v) is 2.30. The molecule has 1 heterocycles. The molecule has 1 unspecified atom stereocenters. The van der Waals surface area contributed by atoms with Crippen molar-refractivity contribution in [2.24, 2.45) is 0 Å². The number of hydrogen-bond acceptors (Lipinski definition) is 3. The van der Waals surface area contributed by atoms with Crippen molar-refractivity contribution < 1.29 is 14.4 Å². The molecule has 3 N–H and O–H groups in total. The lowest BCUT2D eigenvalue weighted by molar-refractivity contribution is -0.126. The average Bonchev–Trinajstić information content (AvgIpc) is 2.37. The number of imide groups is 1. The zero-order chi connectivity index (χ0) is 14.0. The minimum atomic E-state index is -0.972. The number of amides is 4. The van der Waals surface area contributed by atoms with E-state index in [1.54, 1.807) is 6.92 Å². The summed E-state index contributed by atoms with van der Waals surface area (Å²) in [7, 11) is 0. The second-order valence-electron chi connectivity index (χ2n) is 5.60. The van der Waals surface area contributed by atoms with Crippen LogP contribution in [0.15, 0.2) is 0 Å². The normalized spacial score (nSPS) is 23.6. The number of carbonyl (C=O) groups is 3. The van der Waals surface area contributed by atoms with Crippen LogP contribution < -0.4 is 16.0 Å². The Labute approximate surface area is 107 Å². The maximum atomic E-state index is 11.7. The van der Waals surface area contributed by atoms with Gasteiger partial charge in [-0.05, 0) is 27.2 Å². The minimum absolute atomic E-state index is 0.0455. The third-order valence-electron chi connectivity index (χ3n) is 2.87. The third-order valence-corrected chi connectivity index (χ3v) is 2.87. The van der Waals surface area contributed by atoms with Gasteiger partial charge in [0.25, 0.3) is 5.91 Å². The van der Waals surface area contributed by atoms with Gasteiger partial charge in [-0.2, -0.15) is 0 Å². The van der Waals surface area contributed by atoms with Gasteiger partial charge >= 0.3 is 6.03 Å². The van der Waals surface area contributed by atoms with E-state index in [0.717, 1.165) is 6.42 Å². The topological polar surface area (TPSA) is 87.3 Å². The fraction of sp³-hybridized carbons (Fsp3) is 0.750. The van der Waals surface area contributed by atoms with Gasteiger partial charge in [-0.25, -0.2) is 4.79 Å². The van der Waals surface area contributed by atoms with Gasteiger partial charge < -0.3 is 10.6 Å². The lowest BCUT2D eigenvalue weighted by atomic mass is 9.85. The Balaban J connectivity index is 2.67. The molecule has 0 aromatic carbocycles. The smallest absolute Gasteiger partial charge is 0.322 e. The molecule has 0 aliphatic carbocycles. The molecule has 1 aliphatic heterocycles. The van der Waals surface area contributed by atoms with Crippen molar-refractivity contribution >= 4 is 17.8 Å². The Morgan fingerprint density at radius 3 is 2.44 bits per heavy atom. The van der Waals surface area contributed by atoms with E-state index >= 15 is 0 Å². The maximum Gasteiger partial charge on any atom is 0.322 e. The van der Waals surface area contributed by atoms with Gasteiger partial charge in [-0.15, -0.1) is 0 Å². The number of carbonyl (C=O) groups excluding carboxylic acids is 3. The Morgan fingerprint density at radius 1 is 1.39 bits per heavy atom. The highest BCUT2D eigenvalue weighted by molar-refractivity contribution is 6.06. The third kappa shape index (κ3) is 3.45. The monoisotopic (exact) mass is 255 g/mol. The first-order chi connectivity index (χ1) is 8.18. The van der Waals surface area contributed by atoms with E-state index in [1.165, 1.54) is 0 Å². The molecule has 6 nitrogen and oxygen atoms in total. The first-order valence-corrected chi connectivity index (χ1v) is 6.13. The summed E-state index contributed by atoms with van der Waals surface area (Å²) < 4.78 is 0. The van der Waals surface area contributed by atoms with Crippen LogP contribution >= 0.6 is 0 Å². The summed E-state index contributed by atoms with van der Waals surface area (Å²) in [6.45, 7) is 7.26. The van der Waals surface area contributed by atoms with E-state index in [9.17, 15) is 14.4 Å². The van der Waals surface area contributed by atoms with Crippen molar-refractivity contribution in [3.05, 3.63) is 0 Å². The highest BCUT2D eigenvalue weighted by Gasteiger charge is 2.45. The SMILES string of the molecule is CCCC(=O)NC(C)(C)CC1(C)NC(=O)NC1=O. The van der Waals surface area contributed by atoms with Gasteiger partial charge in [0, 0.05) is 18.4 Å². The van der Waals surface area contributed by atoms with Crippen molar-refractivity contribution in [2.45, 2.75) is 58.0 Å². The van der Waals surface area contributed by atoms with E-state index in [0.29, 0.717) is 12.8 Å². The quantitative estimate of drug-likeness (QED) is 0.631. The first kappa shape index (κ1) is 14.5. The van der Waals surface area contributed by atoms with Gasteiger partial charge in [0.15, 0.2) is 0 Å². The molecule has 18 heavy (non-hydrogen) atoms. The second kappa shape index (κ2) is 4.96. The molecule has 1 saturated heterocycles. The van der Waals surface area contributed by atoms with E-state index in [4.69, 9.17) is 0 Å². The summed E-state index contributed by atoms with van der Waals surface area (Å²) in [5, 5.41) is 7.67. The largest absolute Gasteiger partial charge is 0.351 e. The van der Waals surface area contributed by atoms with Crippen LogP contribution in [0.25, 0.3) is 0 Å². The predicted molar refractivity (Wildman–Crippen MR) is 66.8 cm³/mol.